The quantitative estimate of drug-likeness (QED) is 0.382. The van der Waals surface area contributed by atoms with Gasteiger partial charge in [0.05, 0.1) is 16.3 Å². The maximum absolute atomic E-state index is 14.3. The van der Waals surface area contributed by atoms with Crippen LogP contribution >= 0.6 is 11.3 Å². The van der Waals surface area contributed by atoms with E-state index in [9.17, 15) is 4.39 Å². The van der Waals surface area contributed by atoms with Crippen molar-refractivity contribution in [3.8, 4) is 0 Å². The Balaban J connectivity index is 1.22. The van der Waals surface area contributed by atoms with Crippen molar-refractivity contribution in [1.29, 1.82) is 0 Å². The van der Waals surface area contributed by atoms with E-state index in [-0.39, 0.29) is 11.2 Å². The second kappa shape index (κ2) is 10.1. The van der Waals surface area contributed by atoms with Crippen LogP contribution in [0.4, 0.5) is 15.2 Å². The van der Waals surface area contributed by atoms with Gasteiger partial charge in [-0.1, -0.05) is 83.4 Å². The molecule has 2 nitrogen and oxygen atoms in total. The molecule has 6 rings (SSSR count). The molecule has 2 saturated carbocycles. The molecule has 4 aliphatic carbocycles. The van der Waals surface area contributed by atoms with Gasteiger partial charge in [-0.3, -0.25) is 0 Å². The number of anilines is 2. The Bertz CT molecular complexity index is 1200. The van der Waals surface area contributed by atoms with Crippen molar-refractivity contribution in [2.75, 3.05) is 5.32 Å². The maximum atomic E-state index is 14.3. The fourth-order valence-electron chi connectivity index (χ4n) is 9.63. The molecular formula is C34H47FN2S. The van der Waals surface area contributed by atoms with Crippen molar-refractivity contribution in [2.24, 2.45) is 46.3 Å². The second-order valence-electron chi connectivity index (χ2n) is 14.1. The summed E-state index contributed by atoms with van der Waals surface area (Å²) in [6.45, 7) is 12.6. The van der Waals surface area contributed by atoms with Crippen LogP contribution in [0.5, 0.6) is 0 Å². The lowest BCUT2D eigenvalue weighted by Gasteiger charge is -2.57. The second-order valence-corrected chi connectivity index (χ2v) is 15.1. The van der Waals surface area contributed by atoms with Gasteiger partial charge >= 0.3 is 0 Å². The molecule has 0 unspecified atom stereocenters. The topological polar surface area (TPSA) is 24.9 Å². The van der Waals surface area contributed by atoms with E-state index in [0.29, 0.717) is 11.1 Å². The molecule has 4 aliphatic rings. The number of hydrogen-bond acceptors (Lipinski definition) is 3. The summed E-state index contributed by atoms with van der Waals surface area (Å²) in [6.07, 6.45) is 16.0. The molecule has 0 amide bonds. The molecule has 7 atom stereocenters. The minimum Gasteiger partial charge on any atom is -0.329 e. The number of hydrogen-bond donors (Lipinski definition) is 1. The van der Waals surface area contributed by atoms with Gasteiger partial charge in [0.15, 0.2) is 5.13 Å². The van der Waals surface area contributed by atoms with E-state index in [1.54, 1.807) is 29.0 Å². The third-order valence-electron chi connectivity index (χ3n) is 11.6. The number of halogens is 1. The minimum atomic E-state index is -0.223. The number of para-hydroxylation sites is 1. The summed E-state index contributed by atoms with van der Waals surface area (Å²) in [5.41, 5.74) is 4.06. The first-order valence-electron chi connectivity index (χ1n) is 15.4. The Kier molecular flexibility index (Phi) is 7.02. The molecule has 38 heavy (non-hydrogen) atoms. The largest absolute Gasteiger partial charge is 0.329 e. The highest BCUT2D eigenvalue weighted by atomic mass is 32.1. The van der Waals surface area contributed by atoms with Gasteiger partial charge in [0, 0.05) is 0 Å². The number of aromatic nitrogens is 1. The number of nitrogens with zero attached hydrogens (tertiary/aromatic N) is 1. The van der Waals surface area contributed by atoms with Crippen LogP contribution in [0.3, 0.4) is 0 Å². The normalized spacial score (nSPS) is 34.7. The minimum absolute atomic E-state index is 0.223. The number of nitrogens with one attached hydrogen (secondary N) is 1. The molecule has 1 heterocycles. The molecule has 1 aromatic heterocycles. The summed E-state index contributed by atoms with van der Waals surface area (Å²) in [6, 6.07) is 6.91. The third-order valence-corrected chi connectivity index (χ3v) is 12.7. The molecule has 206 valence electrons. The predicted molar refractivity (Wildman–Crippen MR) is 159 cm³/mol. The summed E-state index contributed by atoms with van der Waals surface area (Å²) in [4.78, 5) is 6.31. The standard InChI is InChI=1S/C34H47FN2S/c1-21(2)9-8-10-22(3)24-15-16-25-23-13-14-27-31-30(18-20-34(27,5)26(23)17-19-33(24,25)4)37-32(38-31)36-29-12-7-6-11-28(29)35/h6-7,11-12,14,21-26H,8-10,13,15-20H2,1-5H3,(H,36,37)/t22-,23+,24-,25+,26+,33-,34-/m1/s1. The highest BCUT2D eigenvalue weighted by Crippen LogP contribution is 2.68. The summed E-state index contributed by atoms with van der Waals surface area (Å²) < 4.78 is 14.3. The number of fused-ring (bicyclic) bond motifs is 7. The summed E-state index contributed by atoms with van der Waals surface area (Å²) >= 11 is 1.74. The zero-order chi connectivity index (χ0) is 26.7. The van der Waals surface area contributed by atoms with Crippen LogP contribution in [0.25, 0.3) is 5.57 Å². The van der Waals surface area contributed by atoms with Crippen molar-refractivity contribution in [1.82, 2.24) is 4.98 Å². The lowest BCUT2D eigenvalue weighted by molar-refractivity contribution is -0.0392. The number of rotatable bonds is 7. The lowest BCUT2D eigenvalue weighted by Crippen LogP contribution is -2.49. The fourth-order valence-corrected chi connectivity index (χ4v) is 10.8. The molecule has 0 spiro atoms. The van der Waals surface area contributed by atoms with Crippen molar-refractivity contribution in [3.63, 3.8) is 0 Å². The molecule has 2 aromatic rings. The number of allylic oxidation sites excluding steroid dienone is 2. The van der Waals surface area contributed by atoms with Crippen LogP contribution in [0, 0.1) is 52.2 Å². The average molecular weight is 535 g/mol. The van der Waals surface area contributed by atoms with Crippen LogP contribution in [0.2, 0.25) is 0 Å². The van der Waals surface area contributed by atoms with Crippen molar-refractivity contribution >= 4 is 27.7 Å². The van der Waals surface area contributed by atoms with Gasteiger partial charge in [-0.25, -0.2) is 9.37 Å². The maximum Gasteiger partial charge on any atom is 0.188 e. The fraction of sp³-hybridized carbons (Fsp3) is 0.676. The van der Waals surface area contributed by atoms with Crippen LogP contribution in [0.1, 0.15) is 103 Å². The first kappa shape index (κ1) is 26.5. The van der Waals surface area contributed by atoms with Crippen molar-refractivity contribution in [2.45, 2.75) is 98.8 Å². The van der Waals surface area contributed by atoms with Gasteiger partial charge in [-0.2, -0.15) is 0 Å². The first-order valence-corrected chi connectivity index (χ1v) is 16.2. The number of benzene rings is 1. The smallest absolute Gasteiger partial charge is 0.188 e. The molecule has 2 fully saturated rings. The van der Waals surface area contributed by atoms with E-state index in [0.717, 1.165) is 47.1 Å². The van der Waals surface area contributed by atoms with Gasteiger partial charge in [0.1, 0.15) is 5.82 Å². The van der Waals surface area contributed by atoms with Crippen LogP contribution in [-0.4, -0.2) is 4.98 Å². The van der Waals surface area contributed by atoms with Gasteiger partial charge in [0.25, 0.3) is 0 Å². The highest BCUT2D eigenvalue weighted by molar-refractivity contribution is 7.16. The predicted octanol–water partition coefficient (Wildman–Crippen LogP) is 10.3. The molecule has 1 N–H and O–H groups in total. The number of aryl methyl sites for hydroxylation is 1. The molecule has 0 radical (unpaired) electrons. The molecule has 1 aromatic carbocycles. The van der Waals surface area contributed by atoms with E-state index in [1.165, 1.54) is 74.4 Å². The third kappa shape index (κ3) is 4.38. The van der Waals surface area contributed by atoms with Gasteiger partial charge in [-0.15, -0.1) is 0 Å². The lowest BCUT2D eigenvalue weighted by atomic mass is 9.47. The molecule has 4 heteroatoms. The molecule has 0 bridgehead atoms. The van der Waals surface area contributed by atoms with E-state index < -0.39 is 0 Å². The monoisotopic (exact) mass is 534 g/mol. The Hall–Kier alpha value is -1.68. The summed E-state index contributed by atoms with van der Waals surface area (Å²) in [7, 11) is 0. The zero-order valence-corrected chi connectivity index (χ0v) is 25.0. The van der Waals surface area contributed by atoms with E-state index in [1.807, 2.05) is 6.07 Å². The molecule has 0 aliphatic heterocycles. The van der Waals surface area contributed by atoms with Gasteiger partial charge in [-0.05, 0) is 109 Å². The number of thiazole rings is 1. The van der Waals surface area contributed by atoms with Crippen molar-refractivity contribution in [3.05, 3.63) is 46.7 Å². The highest BCUT2D eigenvalue weighted by Gasteiger charge is 2.59. The average Bonchev–Trinajstić information content (AvgIpc) is 3.45. The van der Waals surface area contributed by atoms with Gasteiger partial charge < -0.3 is 5.32 Å². The van der Waals surface area contributed by atoms with E-state index >= 15 is 0 Å². The Labute approximate surface area is 233 Å². The van der Waals surface area contributed by atoms with Crippen LogP contribution < -0.4 is 5.32 Å². The summed E-state index contributed by atoms with van der Waals surface area (Å²) in [5, 5.41) is 4.10. The van der Waals surface area contributed by atoms with Gasteiger partial charge in [0.2, 0.25) is 0 Å². The van der Waals surface area contributed by atoms with Crippen molar-refractivity contribution < 1.29 is 4.39 Å². The van der Waals surface area contributed by atoms with Crippen LogP contribution in [0.15, 0.2) is 30.3 Å². The van der Waals surface area contributed by atoms with E-state index in [2.05, 4.69) is 46.0 Å². The zero-order valence-electron chi connectivity index (χ0n) is 24.2. The Morgan fingerprint density at radius 3 is 2.66 bits per heavy atom. The Morgan fingerprint density at radius 1 is 1.05 bits per heavy atom. The van der Waals surface area contributed by atoms with Crippen LogP contribution in [-0.2, 0) is 6.42 Å². The molecular weight excluding hydrogens is 487 g/mol. The Morgan fingerprint density at radius 2 is 1.87 bits per heavy atom. The first-order chi connectivity index (χ1) is 18.2. The summed E-state index contributed by atoms with van der Waals surface area (Å²) in [5.74, 6) is 4.88. The van der Waals surface area contributed by atoms with E-state index in [4.69, 9.17) is 4.98 Å². The molecule has 0 saturated heterocycles. The SMILES string of the molecule is CC(C)CCC[C@@H](C)[C@H]1CC[C@H]2[C@@H]3CC=C4c5sc(Nc6ccccc6F)nc5CC[C@]4(C)[C@H]3CC[C@]12C.